The van der Waals surface area contributed by atoms with Gasteiger partial charge in [-0.2, -0.15) is 0 Å². The second-order valence-corrected chi connectivity index (χ2v) is 4.43. The van der Waals surface area contributed by atoms with Gasteiger partial charge in [-0.05, 0) is 5.92 Å². The number of hydrogen-bond donors (Lipinski definition) is 0. The Labute approximate surface area is 88.1 Å². The van der Waals surface area contributed by atoms with Crippen LogP contribution < -0.4 is 0 Å². The van der Waals surface area contributed by atoms with Crippen molar-refractivity contribution in [2.45, 2.75) is 25.3 Å². The van der Waals surface area contributed by atoms with E-state index in [0.29, 0.717) is 5.15 Å². The Kier molecular flexibility index (Phi) is 4.53. The molecule has 0 radical (unpaired) electrons. The first-order chi connectivity index (χ1) is 6.22. The van der Waals surface area contributed by atoms with Crippen molar-refractivity contribution in [3.63, 3.8) is 0 Å². The quantitative estimate of drug-likeness (QED) is 0.571. The average molecular weight is 217 g/mol. The van der Waals surface area contributed by atoms with Crippen LogP contribution in [0, 0.1) is 5.92 Å². The molecule has 0 aliphatic carbocycles. The standard InChI is InChI=1S/C9H13ClN2S/c1-3-7(2)5-13-9-4-8(10)11-6-12-9/h4,6-7H,3,5H2,1-2H3. The van der Waals surface area contributed by atoms with E-state index in [9.17, 15) is 0 Å². The van der Waals surface area contributed by atoms with Crippen molar-refractivity contribution in [2.75, 3.05) is 5.75 Å². The number of aromatic nitrogens is 2. The minimum atomic E-state index is 0.515. The monoisotopic (exact) mass is 216 g/mol. The zero-order chi connectivity index (χ0) is 9.68. The minimum Gasteiger partial charge on any atom is -0.230 e. The van der Waals surface area contributed by atoms with Gasteiger partial charge >= 0.3 is 0 Å². The lowest BCUT2D eigenvalue weighted by Crippen LogP contribution is -1.95. The van der Waals surface area contributed by atoms with Crippen molar-refractivity contribution in [2.24, 2.45) is 5.92 Å². The summed E-state index contributed by atoms with van der Waals surface area (Å²) in [6.07, 6.45) is 2.70. The van der Waals surface area contributed by atoms with Crippen molar-refractivity contribution < 1.29 is 0 Å². The summed E-state index contributed by atoms with van der Waals surface area (Å²) in [5, 5.41) is 1.47. The Morgan fingerprint density at radius 3 is 2.92 bits per heavy atom. The number of hydrogen-bond acceptors (Lipinski definition) is 3. The second kappa shape index (κ2) is 5.45. The molecule has 1 unspecified atom stereocenters. The predicted octanol–water partition coefficient (Wildman–Crippen LogP) is 3.27. The van der Waals surface area contributed by atoms with Gasteiger partial charge in [0.1, 0.15) is 16.5 Å². The smallest absolute Gasteiger partial charge is 0.133 e. The van der Waals surface area contributed by atoms with Crippen LogP contribution in [0.25, 0.3) is 0 Å². The van der Waals surface area contributed by atoms with E-state index in [1.54, 1.807) is 17.8 Å². The van der Waals surface area contributed by atoms with Gasteiger partial charge in [0.2, 0.25) is 0 Å². The highest BCUT2D eigenvalue weighted by molar-refractivity contribution is 7.99. The third-order valence-corrected chi connectivity index (χ3v) is 3.28. The second-order valence-electron chi connectivity index (χ2n) is 3.00. The van der Waals surface area contributed by atoms with E-state index in [0.717, 1.165) is 16.7 Å². The number of halogens is 1. The fourth-order valence-corrected chi connectivity index (χ4v) is 1.96. The van der Waals surface area contributed by atoms with Crippen LogP contribution in [-0.2, 0) is 0 Å². The maximum Gasteiger partial charge on any atom is 0.133 e. The van der Waals surface area contributed by atoms with Gasteiger partial charge in [-0.1, -0.05) is 31.9 Å². The first-order valence-electron chi connectivity index (χ1n) is 4.32. The molecular formula is C9H13ClN2S. The summed E-state index contributed by atoms with van der Waals surface area (Å²) in [4.78, 5) is 7.94. The molecule has 0 amide bonds. The molecule has 0 aliphatic rings. The predicted molar refractivity (Wildman–Crippen MR) is 57.2 cm³/mol. The van der Waals surface area contributed by atoms with E-state index < -0.39 is 0 Å². The Morgan fingerprint density at radius 2 is 2.31 bits per heavy atom. The zero-order valence-electron chi connectivity index (χ0n) is 7.83. The first kappa shape index (κ1) is 10.8. The molecule has 0 saturated carbocycles. The average Bonchev–Trinajstić information content (AvgIpc) is 2.14. The van der Waals surface area contributed by atoms with Gasteiger partial charge in [0.15, 0.2) is 0 Å². The Hall–Kier alpha value is -0.280. The van der Waals surface area contributed by atoms with Crippen molar-refractivity contribution in [1.29, 1.82) is 0 Å². The van der Waals surface area contributed by atoms with E-state index in [1.165, 1.54) is 12.7 Å². The van der Waals surface area contributed by atoms with Gasteiger partial charge in [0.25, 0.3) is 0 Å². The molecule has 1 aromatic heterocycles. The van der Waals surface area contributed by atoms with Crippen molar-refractivity contribution in [1.82, 2.24) is 9.97 Å². The first-order valence-corrected chi connectivity index (χ1v) is 5.69. The summed E-state index contributed by atoms with van der Waals surface area (Å²) in [5.74, 6) is 1.81. The number of rotatable bonds is 4. The fraction of sp³-hybridized carbons (Fsp3) is 0.556. The molecule has 0 bridgehead atoms. The van der Waals surface area contributed by atoms with Gasteiger partial charge in [-0.3, -0.25) is 0 Å². The molecule has 72 valence electrons. The van der Waals surface area contributed by atoms with E-state index in [-0.39, 0.29) is 0 Å². The van der Waals surface area contributed by atoms with Crippen LogP contribution in [0.15, 0.2) is 17.4 Å². The third-order valence-electron chi connectivity index (χ3n) is 1.82. The van der Waals surface area contributed by atoms with Crippen molar-refractivity contribution in [3.05, 3.63) is 17.5 Å². The molecule has 0 saturated heterocycles. The zero-order valence-corrected chi connectivity index (χ0v) is 9.40. The topological polar surface area (TPSA) is 25.8 Å². The summed E-state index contributed by atoms with van der Waals surface area (Å²) in [6, 6.07) is 1.80. The van der Waals surface area contributed by atoms with Crippen LogP contribution in [-0.4, -0.2) is 15.7 Å². The molecule has 1 heterocycles. The Balaban J connectivity index is 2.45. The normalized spacial score (nSPS) is 12.8. The summed E-state index contributed by atoms with van der Waals surface area (Å²) in [5.41, 5.74) is 0. The van der Waals surface area contributed by atoms with Crippen LogP contribution in [0.4, 0.5) is 0 Å². The molecule has 0 spiro atoms. The van der Waals surface area contributed by atoms with E-state index in [2.05, 4.69) is 23.8 Å². The lowest BCUT2D eigenvalue weighted by Gasteiger charge is -2.06. The van der Waals surface area contributed by atoms with Crippen LogP contribution >= 0.6 is 23.4 Å². The molecule has 1 atom stereocenters. The van der Waals surface area contributed by atoms with Crippen LogP contribution in [0.5, 0.6) is 0 Å². The molecular weight excluding hydrogens is 204 g/mol. The third kappa shape index (κ3) is 3.96. The molecule has 13 heavy (non-hydrogen) atoms. The Bertz CT molecular complexity index is 268. The molecule has 1 aromatic rings. The van der Waals surface area contributed by atoms with Gasteiger partial charge in [0, 0.05) is 11.8 Å². The highest BCUT2D eigenvalue weighted by Gasteiger charge is 2.01. The molecule has 4 heteroatoms. The maximum atomic E-state index is 5.73. The highest BCUT2D eigenvalue weighted by Crippen LogP contribution is 2.20. The lowest BCUT2D eigenvalue weighted by atomic mass is 10.2. The molecule has 0 aromatic carbocycles. The minimum absolute atomic E-state index is 0.515. The van der Waals surface area contributed by atoms with Crippen LogP contribution in [0.1, 0.15) is 20.3 Å². The fourth-order valence-electron chi connectivity index (χ4n) is 0.742. The molecule has 0 fully saturated rings. The van der Waals surface area contributed by atoms with E-state index in [4.69, 9.17) is 11.6 Å². The van der Waals surface area contributed by atoms with Gasteiger partial charge < -0.3 is 0 Å². The summed E-state index contributed by atoms with van der Waals surface area (Å²) in [7, 11) is 0. The van der Waals surface area contributed by atoms with Crippen molar-refractivity contribution in [3.8, 4) is 0 Å². The Morgan fingerprint density at radius 1 is 1.54 bits per heavy atom. The summed E-state index contributed by atoms with van der Waals surface area (Å²) < 4.78 is 0. The van der Waals surface area contributed by atoms with E-state index in [1.807, 2.05) is 0 Å². The molecule has 2 nitrogen and oxygen atoms in total. The SMILES string of the molecule is CCC(C)CSc1cc(Cl)ncn1. The summed E-state index contributed by atoms with van der Waals surface area (Å²) >= 11 is 7.46. The molecule has 1 rings (SSSR count). The largest absolute Gasteiger partial charge is 0.230 e. The molecule has 0 N–H and O–H groups in total. The van der Waals surface area contributed by atoms with Crippen LogP contribution in [0.2, 0.25) is 5.15 Å². The van der Waals surface area contributed by atoms with Crippen molar-refractivity contribution >= 4 is 23.4 Å². The van der Waals surface area contributed by atoms with E-state index >= 15 is 0 Å². The molecule has 0 aliphatic heterocycles. The van der Waals surface area contributed by atoms with Crippen LogP contribution in [0.3, 0.4) is 0 Å². The maximum absolute atomic E-state index is 5.73. The highest BCUT2D eigenvalue weighted by atomic mass is 35.5. The van der Waals surface area contributed by atoms with Gasteiger partial charge in [-0.25, -0.2) is 9.97 Å². The summed E-state index contributed by atoms with van der Waals surface area (Å²) in [6.45, 7) is 4.42. The van der Waals surface area contributed by atoms with Gasteiger partial charge in [-0.15, -0.1) is 11.8 Å². The number of thioether (sulfide) groups is 1. The lowest BCUT2D eigenvalue weighted by molar-refractivity contribution is 0.636. The number of nitrogens with zero attached hydrogens (tertiary/aromatic N) is 2. The van der Waals surface area contributed by atoms with Gasteiger partial charge in [0.05, 0.1) is 0 Å².